The van der Waals surface area contributed by atoms with Crippen molar-refractivity contribution in [1.82, 2.24) is 5.32 Å². The molecule has 0 aromatic carbocycles. The highest BCUT2D eigenvalue weighted by Gasteiger charge is 2.27. The first-order valence-corrected chi connectivity index (χ1v) is 25.7. The van der Waals surface area contributed by atoms with Gasteiger partial charge in [-0.05, 0) is 96.3 Å². The number of hydrogen-bond donors (Lipinski definition) is 3. The van der Waals surface area contributed by atoms with Crippen molar-refractivity contribution in [2.75, 3.05) is 40.9 Å². The van der Waals surface area contributed by atoms with E-state index in [-0.39, 0.29) is 19.1 Å². The molecule has 8 nitrogen and oxygen atoms in total. The lowest BCUT2D eigenvalue weighted by Crippen LogP contribution is -2.45. The first-order chi connectivity index (χ1) is 31.0. The van der Waals surface area contributed by atoms with Crippen molar-refractivity contribution in [2.24, 2.45) is 0 Å². The summed E-state index contributed by atoms with van der Waals surface area (Å²) in [7, 11) is 1.52. The summed E-state index contributed by atoms with van der Waals surface area (Å²) < 4.78 is 23.2. The molecule has 3 atom stereocenters. The predicted molar refractivity (Wildman–Crippen MR) is 276 cm³/mol. The third-order valence-corrected chi connectivity index (χ3v) is 10.5. The Hall–Kier alpha value is -3.62. The minimum absolute atomic E-state index is 0.0473. The third-order valence-electron chi connectivity index (χ3n) is 9.55. The highest BCUT2D eigenvalue weighted by molar-refractivity contribution is 7.47. The van der Waals surface area contributed by atoms with Crippen LogP contribution in [0.2, 0.25) is 0 Å². The van der Waals surface area contributed by atoms with Crippen molar-refractivity contribution in [3.8, 4) is 0 Å². The molecule has 0 radical (unpaired) electrons. The average molecular weight is 906 g/mol. The maximum atomic E-state index is 12.7. The molecule has 0 aliphatic carbocycles. The molecule has 64 heavy (non-hydrogen) atoms. The highest BCUT2D eigenvalue weighted by atomic mass is 31.2. The van der Waals surface area contributed by atoms with Crippen LogP contribution in [0.25, 0.3) is 0 Å². The van der Waals surface area contributed by atoms with E-state index in [1.807, 2.05) is 34.1 Å². The monoisotopic (exact) mass is 906 g/mol. The molecule has 0 aliphatic rings. The molecule has 3 N–H and O–H groups in total. The average Bonchev–Trinajstić information content (AvgIpc) is 3.25. The molecule has 0 aromatic rings. The smallest absolute Gasteiger partial charge is 0.387 e. The number of carbonyl (C=O) groups excluding carboxylic acids is 1. The van der Waals surface area contributed by atoms with Gasteiger partial charge in [-0.1, -0.05) is 185 Å². The van der Waals surface area contributed by atoms with Gasteiger partial charge in [0.15, 0.2) is 0 Å². The summed E-state index contributed by atoms with van der Waals surface area (Å²) in [6.45, 7) is 4.42. The number of unbranched alkanes of at least 4 members (excludes halogenated alkanes) is 6. The van der Waals surface area contributed by atoms with Gasteiger partial charge in [0.2, 0.25) is 5.91 Å². The van der Waals surface area contributed by atoms with Crippen LogP contribution in [-0.4, -0.2) is 73.4 Å². The van der Waals surface area contributed by atoms with Crippen LogP contribution in [0, 0.1) is 0 Å². The molecule has 0 bridgehead atoms. The second-order valence-electron chi connectivity index (χ2n) is 16.8. The van der Waals surface area contributed by atoms with E-state index in [0.29, 0.717) is 17.4 Å². The second-order valence-corrected chi connectivity index (χ2v) is 18.2. The van der Waals surface area contributed by atoms with Crippen molar-refractivity contribution in [3.63, 3.8) is 0 Å². The van der Waals surface area contributed by atoms with E-state index in [1.54, 1.807) is 6.08 Å². The lowest BCUT2D eigenvalue weighted by atomic mass is 10.1. The Labute approximate surface area is 391 Å². The molecule has 0 aromatic heterocycles. The Kier molecular flexibility index (Phi) is 42.1. The molecule has 0 heterocycles. The van der Waals surface area contributed by atoms with Crippen LogP contribution in [0.1, 0.15) is 142 Å². The molecule has 0 rings (SSSR count). The van der Waals surface area contributed by atoms with Gasteiger partial charge in [-0.25, -0.2) is 4.57 Å². The number of likely N-dealkylation sites (N-methyl/N-ethyl adjacent to an activating group) is 1. The van der Waals surface area contributed by atoms with Crippen molar-refractivity contribution in [1.29, 1.82) is 0 Å². The van der Waals surface area contributed by atoms with Crippen LogP contribution >= 0.6 is 7.82 Å². The summed E-state index contributed by atoms with van der Waals surface area (Å²) >= 11 is 0. The van der Waals surface area contributed by atoms with Gasteiger partial charge in [-0.15, -0.1) is 0 Å². The molecule has 1 amide bonds. The Balaban J connectivity index is 3.97. The van der Waals surface area contributed by atoms with Crippen LogP contribution in [0.5, 0.6) is 0 Å². The molecule has 3 unspecified atom stereocenters. The van der Waals surface area contributed by atoms with Gasteiger partial charge in [0.05, 0.1) is 39.9 Å². The summed E-state index contributed by atoms with van der Waals surface area (Å²) in [6, 6.07) is -0.863. The lowest BCUT2D eigenvalue weighted by molar-refractivity contribution is -0.870. The number of aliphatic hydroxyl groups is 1. The van der Waals surface area contributed by atoms with Gasteiger partial charge in [-0.2, -0.15) is 0 Å². The van der Waals surface area contributed by atoms with Crippen LogP contribution < -0.4 is 5.32 Å². The highest BCUT2D eigenvalue weighted by Crippen LogP contribution is 2.43. The lowest BCUT2D eigenvalue weighted by Gasteiger charge is -2.25. The minimum Gasteiger partial charge on any atom is -0.387 e. The van der Waals surface area contributed by atoms with E-state index in [2.05, 4.69) is 146 Å². The number of amides is 1. The third kappa shape index (κ3) is 46.4. The maximum Gasteiger partial charge on any atom is 0.472 e. The minimum atomic E-state index is -4.33. The Bertz CT molecular complexity index is 1540. The summed E-state index contributed by atoms with van der Waals surface area (Å²) in [5.41, 5.74) is 0. The molecule has 9 heteroatoms. The fourth-order valence-electron chi connectivity index (χ4n) is 5.76. The number of nitrogens with one attached hydrogen (secondary N) is 1. The molecule has 0 aliphatic heterocycles. The van der Waals surface area contributed by atoms with E-state index in [0.717, 1.165) is 122 Å². The quantitative estimate of drug-likeness (QED) is 0.0244. The fraction of sp³-hybridized carbons (Fsp3) is 0.545. The summed E-state index contributed by atoms with van der Waals surface area (Å²) in [5, 5.41) is 13.4. The summed E-state index contributed by atoms with van der Waals surface area (Å²) in [4.78, 5) is 22.8. The SMILES string of the molecule is CC/C=C\C/C=C\C/C=C\C/C=C\C/C=C\C/C=C\C/C=C\C/C=C\C/C=C\C/C=C\C/C=C\CCCCCCCC(=O)NC(COP(=O)(O)OCC[N+](C)(C)C)C(O)/C=C/CCC. The first kappa shape index (κ1) is 60.4. The van der Waals surface area contributed by atoms with Crippen LogP contribution in [0.15, 0.2) is 146 Å². The van der Waals surface area contributed by atoms with E-state index < -0.39 is 20.0 Å². The normalized spacial score (nSPS) is 15.4. The summed E-state index contributed by atoms with van der Waals surface area (Å²) in [6.07, 6.45) is 70.3. The van der Waals surface area contributed by atoms with Gasteiger partial charge in [-0.3, -0.25) is 13.8 Å². The van der Waals surface area contributed by atoms with Crippen LogP contribution in [0.4, 0.5) is 0 Å². The van der Waals surface area contributed by atoms with Gasteiger partial charge < -0.3 is 19.8 Å². The zero-order valence-electron chi connectivity index (χ0n) is 40.7. The zero-order valence-corrected chi connectivity index (χ0v) is 41.6. The number of quaternary nitrogens is 1. The molecule has 0 saturated carbocycles. The van der Waals surface area contributed by atoms with Gasteiger partial charge in [0.25, 0.3) is 0 Å². The number of carbonyl (C=O) groups is 1. The number of phosphoric ester groups is 1. The predicted octanol–water partition coefficient (Wildman–Crippen LogP) is 14.2. The number of nitrogens with zero attached hydrogens (tertiary/aromatic N) is 1. The Morgan fingerprint density at radius 3 is 1.34 bits per heavy atom. The molecular weight excluding hydrogens is 816 g/mol. The molecule has 0 fully saturated rings. The van der Waals surface area contributed by atoms with Crippen molar-refractivity contribution in [2.45, 2.75) is 154 Å². The van der Waals surface area contributed by atoms with Gasteiger partial charge in [0, 0.05) is 6.42 Å². The number of phosphoric acid groups is 1. The zero-order chi connectivity index (χ0) is 47.1. The first-order valence-electron chi connectivity index (χ1n) is 24.2. The van der Waals surface area contributed by atoms with Crippen molar-refractivity contribution in [3.05, 3.63) is 146 Å². The Morgan fingerprint density at radius 2 is 0.938 bits per heavy atom. The maximum absolute atomic E-state index is 12.7. The topological polar surface area (TPSA) is 105 Å². The summed E-state index contributed by atoms with van der Waals surface area (Å²) in [5.74, 6) is -0.217. The fourth-order valence-corrected chi connectivity index (χ4v) is 6.49. The molecule has 360 valence electrons. The number of hydrogen-bond acceptors (Lipinski definition) is 5. The molecule has 0 saturated heterocycles. The van der Waals surface area contributed by atoms with Crippen molar-refractivity contribution < 1.29 is 32.9 Å². The van der Waals surface area contributed by atoms with Crippen LogP contribution in [0.3, 0.4) is 0 Å². The van der Waals surface area contributed by atoms with E-state index in [9.17, 15) is 19.4 Å². The van der Waals surface area contributed by atoms with E-state index in [1.165, 1.54) is 0 Å². The van der Waals surface area contributed by atoms with E-state index >= 15 is 0 Å². The largest absolute Gasteiger partial charge is 0.472 e. The van der Waals surface area contributed by atoms with Gasteiger partial charge >= 0.3 is 7.82 Å². The standard InChI is InChI=1S/C55H89N2O6P/c1-6-8-10-11-12-13-14-15-16-17-18-19-20-21-22-23-24-25-26-27-28-29-30-31-32-33-34-35-36-37-38-39-40-41-42-43-44-45-47-49-55(59)56-53(54(58)48-46-9-7-2)52-63-64(60,61)62-51-50-57(3,4)5/h8,10,12-13,15-16,18-19,21-22,24-25,27-28,30-31,33-34,36-37,39-40,46,48,53-54,58H,6-7,9,11,14,17,20,23,26,29,32,35,38,41-45,47,49-52H2,1-5H3,(H-,56,59,60,61)/p+1/b10-8-,13-12-,16-15-,19-18-,22-21-,25-24-,28-27-,31-30-,34-33-,37-36-,40-39-,48-46+. The second kappa shape index (κ2) is 44.6. The van der Waals surface area contributed by atoms with Gasteiger partial charge in [0.1, 0.15) is 13.2 Å². The number of aliphatic hydroxyl groups excluding tert-OH is 1. The molecule has 0 spiro atoms. The number of allylic oxidation sites excluding steroid dienone is 23. The van der Waals surface area contributed by atoms with Crippen LogP contribution in [-0.2, 0) is 18.4 Å². The van der Waals surface area contributed by atoms with Crippen molar-refractivity contribution >= 4 is 13.7 Å². The Morgan fingerprint density at radius 1 is 0.547 bits per heavy atom. The van der Waals surface area contributed by atoms with E-state index in [4.69, 9.17) is 9.05 Å². The number of rotatable bonds is 41. The molecular formula is C55H90N2O6P+.